The zero-order valence-corrected chi connectivity index (χ0v) is 18.1. The molecule has 0 atom stereocenters. The van der Waals surface area contributed by atoms with E-state index in [0.717, 1.165) is 25.9 Å². The number of hydrogen-bond acceptors (Lipinski definition) is 8. The van der Waals surface area contributed by atoms with Gasteiger partial charge < -0.3 is 14.2 Å². The summed E-state index contributed by atoms with van der Waals surface area (Å²) in [6, 6.07) is 0. The SMILES string of the molecule is C[N+](C)(CCCCC(=O)ON1C(=O)CCC1=O)[13CH2][13CH2]C[13CH2][13C](=O)ON1C(=O)CCC1=O. The molecule has 0 unspecified atom stereocenters. The Kier molecular flexibility index (Phi) is 8.66. The van der Waals surface area contributed by atoms with Crippen LogP contribution in [-0.4, -0.2) is 77.4 Å². The van der Waals surface area contributed by atoms with Crippen molar-refractivity contribution in [3.05, 3.63) is 0 Å². The number of carbonyl (C=O) groups is 6. The van der Waals surface area contributed by atoms with E-state index in [2.05, 4.69) is 0 Å². The highest BCUT2D eigenvalue weighted by Crippen LogP contribution is 2.15. The summed E-state index contributed by atoms with van der Waals surface area (Å²) in [7, 11) is 4.08. The normalized spacial score (nSPS) is 17.0. The summed E-state index contributed by atoms with van der Waals surface area (Å²) in [6.45, 7) is 1.60. The van der Waals surface area contributed by atoms with Gasteiger partial charge in [0.05, 0.1) is 27.2 Å². The molecule has 172 valence electrons. The Bertz CT molecular complexity index is 657. The number of imide groups is 2. The Morgan fingerprint density at radius 1 is 0.677 bits per heavy atom. The summed E-state index contributed by atoms with van der Waals surface area (Å²) in [5.74, 6) is -3.14. The van der Waals surface area contributed by atoms with Crippen molar-refractivity contribution in [1.82, 2.24) is 10.1 Å². The number of carbonyl (C=O) groups excluding carboxylic acids is 6. The van der Waals surface area contributed by atoms with E-state index in [0.29, 0.717) is 27.5 Å². The van der Waals surface area contributed by atoms with Crippen LogP contribution < -0.4 is 0 Å². The highest BCUT2D eigenvalue weighted by molar-refractivity contribution is 6.02. The van der Waals surface area contributed by atoms with Gasteiger partial charge in [-0.25, -0.2) is 9.59 Å². The summed E-state index contributed by atoms with van der Waals surface area (Å²) in [5.41, 5.74) is 0. The van der Waals surface area contributed by atoms with Crippen molar-refractivity contribution < 1.29 is 42.9 Å². The minimum absolute atomic E-state index is 0.0734. The Morgan fingerprint density at radius 2 is 1.00 bits per heavy atom. The molecule has 2 rings (SSSR count). The van der Waals surface area contributed by atoms with Crippen LogP contribution in [0.15, 0.2) is 0 Å². The van der Waals surface area contributed by atoms with Crippen molar-refractivity contribution in [2.75, 3.05) is 27.2 Å². The molecule has 31 heavy (non-hydrogen) atoms. The lowest BCUT2D eigenvalue weighted by Crippen LogP contribution is -2.41. The third kappa shape index (κ3) is 7.74. The summed E-state index contributed by atoms with van der Waals surface area (Å²) in [6.07, 6.45) is 3.19. The van der Waals surface area contributed by atoms with E-state index in [4.69, 9.17) is 9.68 Å². The number of hydroxylamine groups is 4. The van der Waals surface area contributed by atoms with Gasteiger partial charge >= 0.3 is 11.9 Å². The van der Waals surface area contributed by atoms with Gasteiger partial charge in [0.1, 0.15) is 0 Å². The van der Waals surface area contributed by atoms with Crippen LogP contribution in [0.25, 0.3) is 0 Å². The number of amides is 4. The van der Waals surface area contributed by atoms with Gasteiger partial charge in [-0.05, 0) is 25.7 Å². The minimum atomic E-state index is -0.595. The third-order valence-corrected chi connectivity index (χ3v) is 5.19. The van der Waals surface area contributed by atoms with Crippen LogP contribution in [-0.2, 0) is 38.4 Å². The first-order valence-electron chi connectivity index (χ1n) is 10.5. The standard InChI is InChI=1S/C20H30N3O8/c1-23(2,13-5-3-7-19(28)30-21-15(24)9-10-16(21)25)14-6-4-8-20(29)31-22-17(26)11-12-18(22)27/h3-14H2,1-2H3/q+1/i5+1,7+1,13+1,19+1. The average molecular weight is 444 g/mol. The maximum absolute atomic E-state index is 11.8. The Morgan fingerprint density at radius 3 is 1.32 bits per heavy atom. The lowest BCUT2D eigenvalue weighted by atomic mass is 10.2. The molecule has 0 aromatic rings. The number of unbranched alkanes of at least 4 members (excludes halogenated alkanes) is 2. The van der Waals surface area contributed by atoms with Gasteiger partial charge in [-0.2, -0.15) is 0 Å². The molecule has 0 spiro atoms. The van der Waals surface area contributed by atoms with Gasteiger partial charge in [-0.3, -0.25) is 19.2 Å². The number of quaternary nitrogens is 1. The van der Waals surface area contributed by atoms with Crippen LogP contribution in [0.2, 0.25) is 0 Å². The average Bonchev–Trinajstić information content (AvgIpc) is 3.19. The van der Waals surface area contributed by atoms with E-state index in [1.165, 1.54) is 0 Å². The van der Waals surface area contributed by atoms with E-state index in [9.17, 15) is 28.8 Å². The quantitative estimate of drug-likeness (QED) is 0.185. The van der Waals surface area contributed by atoms with Crippen LogP contribution >= 0.6 is 0 Å². The fourth-order valence-electron chi connectivity index (χ4n) is 3.34. The lowest BCUT2D eigenvalue weighted by Gasteiger charge is -2.29. The molecule has 2 aliphatic heterocycles. The van der Waals surface area contributed by atoms with E-state index >= 15 is 0 Å². The van der Waals surface area contributed by atoms with Crippen LogP contribution in [0.3, 0.4) is 0 Å². The Hall–Kier alpha value is -2.82. The van der Waals surface area contributed by atoms with Gasteiger partial charge in [0.25, 0.3) is 23.6 Å². The van der Waals surface area contributed by atoms with Gasteiger partial charge in [0.2, 0.25) is 0 Å². The fraction of sp³-hybridized carbons (Fsp3) is 0.700. The van der Waals surface area contributed by atoms with Crippen molar-refractivity contribution in [2.24, 2.45) is 0 Å². The smallest absolute Gasteiger partial charge is 0.330 e. The Labute approximate surface area is 180 Å². The molecule has 11 heteroatoms. The maximum Gasteiger partial charge on any atom is 0.333 e. The van der Waals surface area contributed by atoms with Crippen LogP contribution in [0.5, 0.6) is 0 Å². The number of rotatable bonds is 12. The maximum atomic E-state index is 11.8. The molecule has 0 aromatic carbocycles. The molecule has 4 amide bonds. The highest BCUT2D eigenvalue weighted by atomic mass is 16.8. The van der Waals surface area contributed by atoms with Crippen molar-refractivity contribution >= 4 is 35.6 Å². The molecule has 0 aliphatic carbocycles. The molecule has 0 saturated carbocycles. The van der Waals surface area contributed by atoms with Gasteiger partial charge in [-0.15, -0.1) is 10.1 Å². The number of nitrogens with zero attached hydrogens (tertiary/aromatic N) is 3. The molecule has 2 fully saturated rings. The second-order valence-electron chi connectivity index (χ2n) is 8.39. The molecule has 2 saturated heterocycles. The third-order valence-electron chi connectivity index (χ3n) is 5.19. The van der Waals surface area contributed by atoms with Gasteiger partial charge in [0, 0.05) is 38.5 Å². The van der Waals surface area contributed by atoms with Crippen LogP contribution in [0.1, 0.15) is 64.2 Å². The van der Waals surface area contributed by atoms with E-state index in [1.807, 2.05) is 14.1 Å². The van der Waals surface area contributed by atoms with Gasteiger partial charge in [0.15, 0.2) is 0 Å². The first-order valence-corrected chi connectivity index (χ1v) is 10.5. The first-order chi connectivity index (χ1) is 14.6. The Balaban J connectivity index is 1.55. The molecule has 2 aliphatic rings. The van der Waals surface area contributed by atoms with Crippen molar-refractivity contribution in [3.8, 4) is 0 Å². The summed E-state index contributed by atoms with van der Waals surface area (Å²) in [4.78, 5) is 79.0. The first kappa shape index (κ1) is 24.4. The molecule has 0 N–H and O–H groups in total. The van der Waals surface area contributed by atoms with E-state index in [-0.39, 0.29) is 38.5 Å². The van der Waals surface area contributed by atoms with E-state index < -0.39 is 35.6 Å². The fourth-order valence-corrected chi connectivity index (χ4v) is 3.34. The second-order valence-corrected chi connectivity index (χ2v) is 8.39. The molecule has 11 nitrogen and oxygen atoms in total. The predicted octanol–water partition coefficient (Wildman–Crippen LogP) is 0.618. The number of hydrogen-bond donors (Lipinski definition) is 0. The van der Waals surface area contributed by atoms with Crippen LogP contribution in [0.4, 0.5) is 0 Å². The monoisotopic (exact) mass is 444 g/mol. The molecular formula is C20H30N3O8+. The molecule has 0 radical (unpaired) electrons. The molecular weight excluding hydrogens is 414 g/mol. The highest BCUT2D eigenvalue weighted by Gasteiger charge is 2.33. The molecule has 0 aromatic heterocycles. The van der Waals surface area contributed by atoms with Crippen molar-refractivity contribution in [2.45, 2.75) is 64.2 Å². The predicted molar refractivity (Wildman–Crippen MR) is 104 cm³/mol. The summed E-state index contributed by atoms with van der Waals surface area (Å²) >= 11 is 0. The molecule has 0 bridgehead atoms. The summed E-state index contributed by atoms with van der Waals surface area (Å²) < 4.78 is 0.691. The van der Waals surface area contributed by atoms with E-state index in [1.54, 1.807) is 0 Å². The lowest BCUT2D eigenvalue weighted by molar-refractivity contribution is -0.890. The largest absolute Gasteiger partial charge is 0.333 e. The zero-order chi connectivity index (χ0) is 23.0. The minimum Gasteiger partial charge on any atom is -0.330 e. The topological polar surface area (TPSA) is 127 Å². The summed E-state index contributed by atoms with van der Waals surface area (Å²) in [5, 5.41) is 1.12. The van der Waals surface area contributed by atoms with Crippen molar-refractivity contribution in [3.63, 3.8) is 0 Å². The zero-order valence-electron chi connectivity index (χ0n) is 18.1. The second kappa shape index (κ2) is 11.0. The van der Waals surface area contributed by atoms with Gasteiger partial charge in [-0.1, -0.05) is 0 Å². The van der Waals surface area contributed by atoms with Crippen molar-refractivity contribution in [1.29, 1.82) is 0 Å². The molecule has 2 heterocycles. The van der Waals surface area contributed by atoms with Crippen LogP contribution in [0, 0.1) is 0 Å².